The number of hydrogen-bond acceptors (Lipinski definition) is 4. The minimum Gasteiger partial charge on any atom is -0.505 e. The van der Waals surface area contributed by atoms with E-state index in [0.717, 1.165) is 19.4 Å². The van der Waals surface area contributed by atoms with Crippen LogP contribution in [0, 0.1) is 0 Å². The average molecular weight is 263 g/mol. The van der Waals surface area contributed by atoms with Crippen molar-refractivity contribution in [2.45, 2.75) is 38.8 Å². The van der Waals surface area contributed by atoms with Crippen LogP contribution in [-0.4, -0.2) is 46.1 Å². The van der Waals surface area contributed by atoms with E-state index in [1.54, 1.807) is 6.07 Å². The summed E-state index contributed by atoms with van der Waals surface area (Å²) >= 11 is 0. The Bertz CT molecular complexity index is 450. The van der Waals surface area contributed by atoms with Gasteiger partial charge < -0.3 is 15.3 Å². The minimum absolute atomic E-state index is 0.0473. The van der Waals surface area contributed by atoms with Crippen molar-refractivity contribution < 1.29 is 9.90 Å². The summed E-state index contributed by atoms with van der Waals surface area (Å²) in [6.45, 7) is 5.64. The van der Waals surface area contributed by atoms with E-state index in [1.807, 2.05) is 4.90 Å². The van der Waals surface area contributed by atoms with Crippen molar-refractivity contribution in [3.8, 4) is 5.75 Å². The SMILES string of the molecule is CCC1CN(C(=O)c2ncccc2O)C(CC)CN1. The fourth-order valence-electron chi connectivity index (χ4n) is 2.45. The van der Waals surface area contributed by atoms with Gasteiger partial charge in [-0.15, -0.1) is 0 Å². The molecule has 2 atom stereocenters. The maximum Gasteiger partial charge on any atom is 0.276 e. The van der Waals surface area contributed by atoms with Gasteiger partial charge in [-0.3, -0.25) is 4.79 Å². The van der Waals surface area contributed by atoms with Crippen LogP contribution in [-0.2, 0) is 0 Å². The Kier molecular flexibility index (Phi) is 4.37. The van der Waals surface area contributed by atoms with Crippen molar-refractivity contribution in [2.24, 2.45) is 0 Å². The molecule has 19 heavy (non-hydrogen) atoms. The van der Waals surface area contributed by atoms with Gasteiger partial charge in [-0.2, -0.15) is 0 Å². The summed E-state index contributed by atoms with van der Waals surface area (Å²) in [4.78, 5) is 18.4. The third-order valence-electron chi connectivity index (χ3n) is 3.71. The van der Waals surface area contributed by atoms with Crippen LogP contribution in [0.15, 0.2) is 18.3 Å². The van der Waals surface area contributed by atoms with Gasteiger partial charge in [0.25, 0.3) is 5.91 Å². The summed E-state index contributed by atoms with van der Waals surface area (Å²) in [6, 6.07) is 3.60. The maximum absolute atomic E-state index is 12.5. The van der Waals surface area contributed by atoms with Crippen molar-refractivity contribution in [1.29, 1.82) is 0 Å². The van der Waals surface area contributed by atoms with Gasteiger partial charge in [-0.05, 0) is 25.0 Å². The standard InChI is InChI=1S/C14H21N3O2/c1-3-10-9-17(11(4-2)8-16-10)14(19)13-12(18)6-5-7-15-13/h5-7,10-11,16,18H,3-4,8-9H2,1-2H3. The van der Waals surface area contributed by atoms with Gasteiger partial charge in [0.2, 0.25) is 0 Å². The lowest BCUT2D eigenvalue weighted by Gasteiger charge is -2.39. The van der Waals surface area contributed by atoms with Gasteiger partial charge in [0.15, 0.2) is 5.69 Å². The molecule has 5 nitrogen and oxygen atoms in total. The van der Waals surface area contributed by atoms with Gasteiger partial charge in [-0.25, -0.2) is 4.98 Å². The molecule has 1 aromatic rings. The Morgan fingerprint density at radius 3 is 2.95 bits per heavy atom. The molecule has 5 heteroatoms. The second-order valence-corrected chi connectivity index (χ2v) is 4.90. The minimum atomic E-state index is -0.176. The normalized spacial score (nSPS) is 23.4. The smallest absolute Gasteiger partial charge is 0.276 e. The average Bonchev–Trinajstić information content (AvgIpc) is 2.46. The van der Waals surface area contributed by atoms with E-state index in [0.29, 0.717) is 12.6 Å². The van der Waals surface area contributed by atoms with E-state index >= 15 is 0 Å². The summed E-state index contributed by atoms with van der Waals surface area (Å²) < 4.78 is 0. The number of nitrogens with zero attached hydrogens (tertiary/aromatic N) is 2. The van der Waals surface area contributed by atoms with Crippen molar-refractivity contribution in [1.82, 2.24) is 15.2 Å². The van der Waals surface area contributed by atoms with E-state index in [1.165, 1.54) is 12.3 Å². The lowest BCUT2D eigenvalue weighted by atomic mass is 10.0. The van der Waals surface area contributed by atoms with E-state index < -0.39 is 0 Å². The number of amides is 1. The molecule has 0 aliphatic carbocycles. The molecule has 1 amide bonds. The molecule has 0 radical (unpaired) electrons. The highest BCUT2D eigenvalue weighted by Gasteiger charge is 2.31. The van der Waals surface area contributed by atoms with Gasteiger partial charge >= 0.3 is 0 Å². The fourth-order valence-corrected chi connectivity index (χ4v) is 2.45. The summed E-state index contributed by atoms with van der Waals surface area (Å²) in [5.41, 5.74) is 0.151. The van der Waals surface area contributed by atoms with Crippen molar-refractivity contribution in [3.63, 3.8) is 0 Å². The van der Waals surface area contributed by atoms with E-state index in [2.05, 4.69) is 24.1 Å². The maximum atomic E-state index is 12.5. The summed E-state index contributed by atoms with van der Waals surface area (Å²) in [5, 5.41) is 13.2. The number of nitrogens with one attached hydrogen (secondary N) is 1. The first-order valence-corrected chi connectivity index (χ1v) is 6.85. The topological polar surface area (TPSA) is 65.5 Å². The monoisotopic (exact) mass is 263 g/mol. The third-order valence-corrected chi connectivity index (χ3v) is 3.71. The number of carbonyl (C=O) groups excluding carboxylic acids is 1. The Hall–Kier alpha value is -1.62. The van der Waals surface area contributed by atoms with Gasteiger partial charge in [0, 0.05) is 31.4 Å². The molecule has 1 saturated heterocycles. The second-order valence-electron chi connectivity index (χ2n) is 4.90. The molecule has 2 rings (SSSR count). The van der Waals surface area contributed by atoms with E-state index in [-0.39, 0.29) is 23.4 Å². The van der Waals surface area contributed by atoms with Crippen LogP contribution in [0.5, 0.6) is 5.75 Å². The Balaban J connectivity index is 2.22. The first-order chi connectivity index (χ1) is 9.17. The van der Waals surface area contributed by atoms with Crippen molar-refractivity contribution in [2.75, 3.05) is 13.1 Å². The van der Waals surface area contributed by atoms with Crippen LogP contribution >= 0.6 is 0 Å². The fraction of sp³-hybridized carbons (Fsp3) is 0.571. The highest BCUT2D eigenvalue weighted by Crippen LogP contribution is 2.20. The van der Waals surface area contributed by atoms with Crippen LogP contribution in [0.2, 0.25) is 0 Å². The van der Waals surface area contributed by atoms with E-state index in [4.69, 9.17) is 0 Å². The lowest BCUT2D eigenvalue weighted by molar-refractivity contribution is 0.0566. The molecule has 2 unspecified atom stereocenters. The number of carbonyl (C=O) groups is 1. The van der Waals surface area contributed by atoms with Gasteiger partial charge in [-0.1, -0.05) is 13.8 Å². The predicted molar refractivity (Wildman–Crippen MR) is 73.1 cm³/mol. The molecule has 1 aromatic heterocycles. The molecule has 0 aromatic carbocycles. The van der Waals surface area contributed by atoms with Crippen LogP contribution in [0.25, 0.3) is 0 Å². The summed E-state index contributed by atoms with van der Waals surface area (Å²) in [5.74, 6) is -0.223. The summed E-state index contributed by atoms with van der Waals surface area (Å²) in [6.07, 6.45) is 3.41. The molecule has 1 aliphatic heterocycles. The molecule has 1 fully saturated rings. The summed E-state index contributed by atoms with van der Waals surface area (Å²) in [7, 11) is 0. The van der Waals surface area contributed by atoms with Gasteiger partial charge in [0.1, 0.15) is 5.75 Å². The van der Waals surface area contributed by atoms with Crippen molar-refractivity contribution >= 4 is 5.91 Å². The first-order valence-electron chi connectivity index (χ1n) is 6.85. The number of piperazine rings is 1. The Morgan fingerprint density at radius 2 is 2.32 bits per heavy atom. The molecule has 104 valence electrons. The third kappa shape index (κ3) is 2.87. The highest BCUT2D eigenvalue weighted by molar-refractivity contribution is 5.95. The Labute approximate surface area is 113 Å². The molecule has 1 aliphatic rings. The largest absolute Gasteiger partial charge is 0.505 e. The van der Waals surface area contributed by atoms with Gasteiger partial charge in [0.05, 0.1) is 0 Å². The van der Waals surface area contributed by atoms with Crippen LogP contribution in [0.1, 0.15) is 37.2 Å². The van der Waals surface area contributed by atoms with Crippen LogP contribution in [0.4, 0.5) is 0 Å². The zero-order valence-corrected chi connectivity index (χ0v) is 11.5. The van der Waals surface area contributed by atoms with E-state index in [9.17, 15) is 9.90 Å². The molecular formula is C14H21N3O2. The first kappa shape index (κ1) is 13.8. The van der Waals surface area contributed by atoms with Crippen molar-refractivity contribution in [3.05, 3.63) is 24.0 Å². The molecular weight excluding hydrogens is 242 g/mol. The molecule has 0 saturated carbocycles. The van der Waals surface area contributed by atoms with Crippen LogP contribution < -0.4 is 5.32 Å². The molecule has 0 bridgehead atoms. The highest BCUT2D eigenvalue weighted by atomic mass is 16.3. The Morgan fingerprint density at radius 1 is 1.53 bits per heavy atom. The number of aromatic hydroxyl groups is 1. The number of rotatable bonds is 3. The molecule has 2 N–H and O–H groups in total. The quantitative estimate of drug-likeness (QED) is 0.865. The number of pyridine rings is 1. The molecule has 0 spiro atoms. The predicted octanol–water partition coefficient (Wildman–Crippen LogP) is 1.39. The zero-order chi connectivity index (χ0) is 13.8. The number of aromatic nitrogens is 1. The second kappa shape index (κ2) is 6.02. The number of hydrogen-bond donors (Lipinski definition) is 2. The zero-order valence-electron chi connectivity index (χ0n) is 11.5. The molecule has 2 heterocycles. The lowest BCUT2D eigenvalue weighted by Crippen LogP contribution is -2.58. The van der Waals surface area contributed by atoms with Crippen LogP contribution in [0.3, 0.4) is 0 Å².